The van der Waals surface area contributed by atoms with Crippen molar-refractivity contribution < 1.29 is 4.79 Å². The van der Waals surface area contributed by atoms with Crippen molar-refractivity contribution in [2.45, 2.75) is 26.8 Å². The van der Waals surface area contributed by atoms with Crippen LogP contribution in [0.15, 0.2) is 23.6 Å². The molecule has 30 heavy (non-hydrogen) atoms. The lowest BCUT2D eigenvalue weighted by molar-refractivity contribution is 0.0578. The third-order valence-electron chi connectivity index (χ3n) is 5.73. The van der Waals surface area contributed by atoms with Gasteiger partial charge < -0.3 is 4.90 Å². The molecule has 1 atom stereocenters. The molecule has 0 bridgehead atoms. The standard InChI is InChI=1S/C22H26N6OS/c1-14(2)18(13-23)27-7-9-28(10-8-27)22(29)16-12-17(19-6-5-11-30-19)24-21-20(16)15(3)25-26(21)4/h5-6,11-12,14,18H,7-10H2,1-4H3. The van der Waals surface area contributed by atoms with Crippen LogP contribution < -0.4 is 0 Å². The normalized spacial score (nSPS) is 16.2. The van der Waals surface area contributed by atoms with E-state index in [9.17, 15) is 10.1 Å². The number of aryl methyl sites for hydroxylation is 2. The van der Waals surface area contributed by atoms with Gasteiger partial charge in [-0.15, -0.1) is 11.3 Å². The average Bonchev–Trinajstić information content (AvgIpc) is 3.36. The van der Waals surface area contributed by atoms with Gasteiger partial charge in [0.15, 0.2) is 5.65 Å². The van der Waals surface area contributed by atoms with Crippen molar-refractivity contribution in [2.75, 3.05) is 26.2 Å². The van der Waals surface area contributed by atoms with E-state index in [1.54, 1.807) is 16.0 Å². The Morgan fingerprint density at radius 1 is 1.27 bits per heavy atom. The third kappa shape index (κ3) is 3.59. The Balaban J connectivity index is 1.66. The first-order valence-electron chi connectivity index (χ1n) is 10.2. The molecule has 156 valence electrons. The maximum Gasteiger partial charge on any atom is 0.254 e. The van der Waals surface area contributed by atoms with Crippen molar-refractivity contribution in [3.05, 3.63) is 34.8 Å². The summed E-state index contributed by atoms with van der Waals surface area (Å²) in [5, 5.41) is 16.8. The summed E-state index contributed by atoms with van der Waals surface area (Å²) in [5.74, 6) is 0.275. The van der Waals surface area contributed by atoms with Crippen molar-refractivity contribution in [1.82, 2.24) is 24.6 Å². The van der Waals surface area contributed by atoms with Crippen LogP contribution in [0.4, 0.5) is 0 Å². The van der Waals surface area contributed by atoms with Crippen molar-refractivity contribution in [3.63, 3.8) is 0 Å². The molecule has 0 N–H and O–H groups in total. The first-order chi connectivity index (χ1) is 14.4. The molecular formula is C22H26N6OS. The van der Waals surface area contributed by atoms with Gasteiger partial charge in [-0.25, -0.2) is 4.98 Å². The van der Waals surface area contributed by atoms with E-state index in [1.165, 1.54) is 0 Å². The number of carbonyl (C=O) groups excluding carboxylic acids is 1. The van der Waals surface area contributed by atoms with Gasteiger partial charge in [0.25, 0.3) is 5.91 Å². The summed E-state index contributed by atoms with van der Waals surface area (Å²) in [4.78, 5) is 23.5. The number of nitrogens with zero attached hydrogens (tertiary/aromatic N) is 6. The number of pyridine rings is 1. The quantitative estimate of drug-likeness (QED) is 0.645. The number of rotatable bonds is 4. The van der Waals surface area contributed by atoms with E-state index >= 15 is 0 Å². The highest BCUT2D eigenvalue weighted by Crippen LogP contribution is 2.30. The Kier molecular flexibility index (Phi) is 5.58. The van der Waals surface area contributed by atoms with Crippen molar-refractivity contribution >= 4 is 28.3 Å². The van der Waals surface area contributed by atoms with E-state index in [4.69, 9.17) is 4.98 Å². The third-order valence-corrected chi connectivity index (χ3v) is 6.62. The van der Waals surface area contributed by atoms with E-state index in [2.05, 4.69) is 29.9 Å². The molecule has 0 radical (unpaired) electrons. The van der Waals surface area contributed by atoms with Crippen molar-refractivity contribution in [2.24, 2.45) is 13.0 Å². The number of thiophene rings is 1. The van der Waals surface area contributed by atoms with Gasteiger partial charge in [0.1, 0.15) is 6.04 Å². The van der Waals surface area contributed by atoms with Gasteiger partial charge in [0.05, 0.1) is 33.3 Å². The second-order valence-electron chi connectivity index (χ2n) is 8.09. The molecule has 0 aromatic carbocycles. The van der Waals surface area contributed by atoms with Crippen molar-refractivity contribution in [3.8, 4) is 16.6 Å². The van der Waals surface area contributed by atoms with Crippen LogP contribution >= 0.6 is 11.3 Å². The van der Waals surface area contributed by atoms with Crippen LogP contribution in [0.3, 0.4) is 0 Å². The molecule has 1 amide bonds. The second kappa shape index (κ2) is 8.17. The van der Waals surface area contributed by atoms with Gasteiger partial charge in [-0.2, -0.15) is 10.4 Å². The summed E-state index contributed by atoms with van der Waals surface area (Å²) in [6, 6.07) is 8.21. The highest BCUT2D eigenvalue weighted by molar-refractivity contribution is 7.13. The predicted molar refractivity (Wildman–Crippen MR) is 118 cm³/mol. The van der Waals surface area contributed by atoms with Crippen LogP contribution in [-0.4, -0.2) is 62.7 Å². The van der Waals surface area contributed by atoms with Gasteiger partial charge in [-0.1, -0.05) is 19.9 Å². The number of hydrogen-bond acceptors (Lipinski definition) is 6. The van der Waals surface area contributed by atoms with E-state index in [-0.39, 0.29) is 17.9 Å². The fraction of sp³-hybridized carbons (Fsp3) is 0.455. The summed E-state index contributed by atoms with van der Waals surface area (Å²) in [6.45, 7) is 8.69. The number of hydrogen-bond donors (Lipinski definition) is 0. The fourth-order valence-electron chi connectivity index (χ4n) is 4.19. The number of amides is 1. The predicted octanol–water partition coefficient (Wildman–Crippen LogP) is 3.31. The molecule has 4 rings (SSSR count). The molecule has 3 aromatic heterocycles. The Hall–Kier alpha value is -2.76. The summed E-state index contributed by atoms with van der Waals surface area (Å²) >= 11 is 1.61. The zero-order valence-electron chi connectivity index (χ0n) is 17.8. The Morgan fingerprint density at radius 3 is 2.60 bits per heavy atom. The molecule has 1 aliphatic rings. The van der Waals surface area contributed by atoms with Gasteiger partial charge in [-0.05, 0) is 30.4 Å². The molecule has 0 spiro atoms. The van der Waals surface area contributed by atoms with E-state index in [0.717, 1.165) is 27.3 Å². The largest absolute Gasteiger partial charge is 0.336 e. The lowest BCUT2D eigenvalue weighted by atomic mass is 10.0. The average molecular weight is 423 g/mol. The van der Waals surface area contributed by atoms with Crippen LogP contribution in [0.1, 0.15) is 29.9 Å². The van der Waals surface area contributed by atoms with E-state index in [1.807, 2.05) is 42.5 Å². The molecule has 1 aliphatic heterocycles. The minimum Gasteiger partial charge on any atom is -0.336 e. The maximum absolute atomic E-state index is 13.6. The smallest absolute Gasteiger partial charge is 0.254 e. The number of fused-ring (bicyclic) bond motifs is 1. The minimum absolute atomic E-state index is 0.00834. The zero-order valence-corrected chi connectivity index (χ0v) is 18.6. The molecule has 0 saturated carbocycles. The number of aromatic nitrogens is 3. The van der Waals surface area contributed by atoms with Crippen LogP contribution in [0.25, 0.3) is 21.6 Å². The molecule has 1 unspecified atom stereocenters. The van der Waals surface area contributed by atoms with Gasteiger partial charge in [0.2, 0.25) is 0 Å². The fourth-order valence-corrected chi connectivity index (χ4v) is 4.88. The topological polar surface area (TPSA) is 78.1 Å². The van der Waals surface area contributed by atoms with Gasteiger partial charge in [0, 0.05) is 33.2 Å². The first-order valence-corrected chi connectivity index (χ1v) is 11.1. The molecule has 4 heterocycles. The summed E-state index contributed by atoms with van der Waals surface area (Å²) < 4.78 is 1.75. The summed E-state index contributed by atoms with van der Waals surface area (Å²) in [7, 11) is 1.86. The lowest BCUT2D eigenvalue weighted by Crippen LogP contribution is -2.52. The number of carbonyl (C=O) groups is 1. The lowest BCUT2D eigenvalue weighted by Gasteiger charge is -2.38. The zero-order chi connectivity index (χ0) is 21.4. The molecule has 1 saturated heterocycles. The first kappa shape index (κ1) is 20.5. The Morgan fingerprint density at radius 2 is 2.00 bits per heavy atom. The summed E-state index contributed by atoms with van der Waals surface area (Å²) in [6.07, 6.45) is 0. The molecule has 7 nitrogen and oxygen atoms in total. The Bertz CT molecular complexity index is 1100. The molecule has 3 aromatic rings. The number of nitriles is 1. The molecule has 0 aliphatic carbocycles. The Labute approximate surface area is 180 Å². The van der Waals surface area contributed by atoms with E-state index in [0.29, 0.717) is 31.7 Å². The van der Waals surface area contributed by atoms with Gasteiger partial charge >= 0.3 is 0 Å². The SMILES string of the molecule is Cc1nn(C)c2nc(-c3cccs3)cc(C(=O)N3CCN(C(C#N)C(C)C)CC3)c12. The van der Waals surface area contributed by atoms with Crippen LogP contribution in [0, 0.1) is 24.2 Å². The molecule has 8 heteroatoms. The minimum atomic E-state index is -0.110. The van der Waals surface area contributed by atoms with Gasteiger partial charge in [-0.3, -0.25) is 14.4 Å². The summed E-state index contributed by atoms with van der Waals surface area (Å²) in [5.41, 5.74) is 2.99. The highest BCUT2D eigenvalue weighted by Gasteiger charge is 2.30. The molecular weight excluding hydrogens is 396 g/mol. The second-order valence-corrected chi connectivity index (χ2v) is 9.03. The van der Waals surface area contributed by atoms with Crippen LogP contribution in [-0.2, 0) is 7.05 Å². The molecule has 1 fully saturated rings. The van der Waals surface area contributed by atoms with E-state index < -0.39 is 0 Å². The monoisotopic (exact) mass is 422 g/mol. The maximum atomic E-state index is 13.6. The highest BCUT2D eigenvalue weighted by atomic mass is 32.1. The van der Waals surface area contributed by atoms with Crippen LogP contribution in [0.5, 0.6) is 0 Å². The number of piperazine rings is 1. The van der Waals surface area contributed by atoms with Crippen LogP contribution in [0.2, 0.25) is 0 Å². The van der Waals surface area contributed by atoms with Crippen molar-refractivity contribution in [1.29, 1.82) is 5.26 Å².